The molecule has 1 aromatic heterocycles. The van der Waals surface area contributed by atoms with E-state index in [4.69, 9.17) is 0 Å². The lowest BCUT2D eigenvalue weighted by molar-refractivity contribution is 0.573. The first-order valence-corrected chi connectivity index (χ1v) is 8.35. The number of hydrogen-bond donors (Lipinski definition) is 2. The van der Waals surface area contributed by atoms with Crippen molar-refractivity contribution in [2.24, 2.45) is 7.05 Å². The molecule has 0 fully saturated rings. The molecule has 1 heterocycles. The van der Waals surface area contributed by atoms with Crippen molar-refractivity contribution in [2.75, 3.05) is 25.4 Å². The Hall–Kier alpha value is -0.920. The van der Waals surface area contributed by atoms with Crippen LogP contribution in [0.1, 0.15) is 25.5 Å². The molecule has 0 unspecified atom stereocenters. The summed E-state index contributed by atoms with van der Waals surface area (Å²) in [5, 5.41) is 7.23. The Balaban J connectivity index is 2.18. The Bertz CT molecular complexity index is 456. The summed E-state index contributed by atoms with van der Waals surface area (Å²) in [6.07, 6.45) is 4.07. The molecule has 1 rings (SSSR count). The average molecular weight is 288 g/mol. The average Bonchev–Trinajstić information content (AvgIpc) is 2.75. The molecule has 0 aromatic carbocycles. The molecule has 19 heavy (non-hydrogen) atoms. The second kappa shape index (κ2) is 8.29. The highest BCUT2D eigenvalue weighted by Crippen LogP contribution is 1.97. The van der Waals surface area contributed by atoms with Gasteiger partial charge in [0.05, 0.1) is 5.75 Å². The SMILES string of the molecule is CCCNCCCS(=O)(=O)NCCc1ccnn1C. The summed E-state index contributed by atoms with van der Waals surface area (Å²) < 4.78 is 27.8. The van der Waals surface area contributed by atoms with Crippen molar-refractivity contribution in [2.45, 2.75) is 26.2 Å². The van der Waals surface area contributed by atoms with Crippen LogP contribution in [0, 0.1) is 0 Å². The third-order valence-electron chi connectivity index (χ3n) is 2.82. The maximum absolute atomic E-state index is 11.7. The van der Waals surface area contributed by atoms with E-state index in [2.05, 4.69) is 22.1 Å². The van der Waals surface area contributed by atoms with Crippen LogP contribution in [-0.4, -0.2) is 43.6 Å². The van der Waals surface area contributed by atoms with Gasteiger partial charge in [0.2, 0.25) is 10.0 Å². The van der Waals surface area contributed by atoms with E-state index in [-0.39, 0.29) is 5.75 Å². The van der Waals surface area contributed by atoms with Gasteiger partial charge < -0.3 is 5.32 Å². The second-order valence-corrected chi connectivity index (χ2v) is 6.44. The van der Waals surface area contributed by atoms with Gasteiger partial charge in [-0.05, 0) is 32.0 Å². The normalized spacial score (nSPS) is 11.9. The standard InChI is InChI=1S/C12H24N4O2S/c1-3-7-13-8-4-11-19(17,18)15-10-6-12-5-9-14-16(12)2/h5,9,13,15H,3-4,6-8,10-11H2,1-2H3. The molecule has 0 atom stereocenters. The number of aryl methyl sites for hydroxylation is 1. The van der Waals surface area contributed by atoms with E-state index in [0.717, 1.165) is 25.2 Å². The van der Waals surface area contributed by atoms with E-state index in [9.17, 15) is 8.42 Å². The van der Waals surface area contributed by atoms with Crippen LogP contribution < -0.4 is 10.0 Å². The summed E-state index contributed by atoms with van der Waals surface area (Å²) >= 11 is 0. The topological polar surface area (TPSA) is 76.0 Å². The van der Waals surface area contributed by atoms with Crippen molar-refractivity contribution < 1.29 is 8.42 Å². The molecule has 1 aromatic rings. The highest BCUT2D eigenvalue weighted by molar-refractivity contribution is 7.89. The van der Waals surface area contributed by atoms with Crippen molar-refractivity contribution in [1.29, 1.82) is 0 Å². The predicted octanol–water partition coefficient (Wildman–Crippen LogP) is 0.272. The lowest BCUT2D eigenvalue weighted by Crippen LogP contribution is -2.30. The number of nitrogens with zero attached hydrogens (tertiary/aromatic N) is 2. The van der Waals surface area contributed by atoms with Gasteiger partial charge in [0, 0.05) is 31.9 Å². The summed E-state index contributed by atoms with van der Waals surface area (Å²) in [6.45, 7) is 4.19. The lowest BCUT2D eigenvalue weighted by atomic mass is 10.3. The van der Waals surface area contributed by atoms with Gasteiger partial charge in [0.25, 0.3) is 0 Å². The molecular formula is C12H24N4O2S. The van der Waals surface area contributed by atoms with Gasteiger partial charge in [-0.15, -0.1) is 0 Å². The molecule has 0 aliphatic rings. The monoisotopic (exact) mass is 288 g/mol. The number of rotatable bonds is 10. The van der Waals surface area contributed by atoms with E-state index in [1.54, 1.807) is 10.9 Å². The van der Waals surface area contributed by atoms with Crippen LogP contribution in [0.2, 0.25) is 0 Å². The van der Waals surface area contributed by atoms with E-state index in [1.807, 2.05) is 13.1 Å². The first-order chi connectivity index (χ1) is 9.05. The Morgan fingerprint density at radius 1 is 1.32 bits per heavy atom. The van der Waals surface area contributed by atoms with Crippen LogP contribution in [0.25, 0.3) is 0 Å². The zero-order chi connectivity index (χ0) is 14.1. The van der Waals surface area contributed by atoms with Crippen molar-refractivity contribution in [3.63, 3.8) is 0 Å². The zero-order valence-corrected chi connectivity index (χ0v) is 12.5. The zero-order valence-electron chi connectivity index (χ0n) is 11.7. The molecule has 0 saturated carbocycles. The van der Waals surface area contributed by atoms with Crippen molar-refractivity contribution >= 4 is 10.0 Å². The van der Waals surface area contributed by atoms with Gasteiger partial charge in [-0.25, -0.2) is 13.1 Å². The summed E-state index contributed by atoms with van der Waals surface area (Å²) in [7, 11) is -1.30. The Kier molecular flexibility index (Phi) is 7.04. The van der Waals surface area contributed by atoms with Crippen molar-refractivity contribution in [3.8, 4) is 0 Å². The number of aromatic nitrogens is 2. The maximum Gasteiger partial charge on any atom is 0.211 e. The third-order valence-corrected chi connectivity index (χ3v) is 4.29. The molecule has 0 aliphatic carbocycles. The van der Waals surface area contributed by atoms with Gasteiger partial charge in [0.15, 0.2) is 0 Å². The van der Waals surface area contributed by atoms with E-state index >= 15 is 0 Å². The van der Waals surface area contributed by atoms with E-state index in [0.29, 0.717) is 19.4 Å². The molecule has 0 saturated heterocycles. The van der Waals surface area contributed by atoms with Crippen LogP contribution >= 0.6 is 0 Å². The fourth-order valence-corrected chi connectivity index (χ4v) is 2.82. The maximum atomic E-state index is 11.7. The molecule has 7 heteroatoms. The second-order valence-electron chi connectivity index (χ2n) is 4.51. The van der Waals surface area contributed by atoms with Crippen molar-refractivity contribution in [3.05, 3.63) is 18.0 Å². The number of hydrogen-bond acceptors (Lipinski definition) is 4. The minimum absolute atomic E-state index is 0.176. The van der Waals surface area contributed by atoms with Gasteiger partial charge >= 0.3 is 0 Å². The van der Waals surface area contributed by atoms with Crippen LogP contribution in [0.4, 0.5) is 0 Å². The van der Waals surface area contributed by atoms with Crippen LogP contribution in [0.15, 0.2) is 12.3 Å². The minimum atomic E-state index is -3.15. The molecule has 0 aliphatic heterocycles. The number of sulfonamides is 1. The van der Waals surface area contributed by atoms with Crippen LogP contribution in [0.3, 0.4) is 0 Å². The van der Waals surface area contributed by atoms with Gasteiger partial charge in [-0.2, -0.15) is 5.10 Å². The molecule has 110 valence electrons. The molecule has 2 N–H and O–H groups in total. The Morgan fingerprint density at radius 3 is 2.74 bits per heavy atom. The quantitative estimate of drug-likeness (QED) is 0.606. The van der Waals surface area contributed by atoms with Gasteiger partial charge in [-0.3, -0.25) is 4.68 Å². The summed E-state index contributed by atoms with van der Waals surface area (Å²) in [5.74, 6) is 0.176. The van der Waals surface area contributed by atoms with E-state index < -0.39 is 10.0 Å². The van der Waals surface area contributed by atoms with Crippen molar-refractivity contribution in [1.82, 2.24) is 19.8 Å². The fourth-order valence-electron chi connectivity index (χ4n) is 1.74. The summed E-state index contributed by atoms with van der Waals surface area (Å²) in [6, 6.07) is 1.89. The van der Waals surface area contributed by atoms with Gasteiger partial charge in [-0.1, -0.05) is 6.92 Å². The Morgan fingerprint density at radius 2 is 2.11 bits per heavy atom. The predicted molar refractivity (Wildman–Crippen MR) is 76.5 cm³/mol. The molecule has 6 nitrogen and oxygen atoms in total. The first-order valence-electron chi connectivity index (χ1n) is 6.70. The van der Waals surface area contributed by atoms with E-state index in [1.165, 1.54) is 0 Å². The van der Waals surface area contributed by atoms with Crippen LogP contribution in [-0.2, 0) is 23.5 Å². The summed E-state index contributed by atoms with van der Waals surface area (Å²) in [5.41, 5.74) is 1.02. The third kappa shape index (κ3) is 6.70. The fraction of sp³-hybridized carbons (Fsp3) is 0.750. The lowest BCUT2D eigenvalue weighted by Gasteiger charge is -2.07. The smallest absolute Gasteiger partial charge is 0.211 e. The summed E-state index contributed by atoms with van der Waals surface area (Å²) in [4.78, 5) is 0. The molecular weight excluding hydrogens is 264 g/mol. The molecule has 0 amide bonds. The largest absolute Gasteiger partial charge is 0.317 e. The molecule has 0 spiro atoms. The minimum Gasteiger partial charge on any atom is -0.317 e. The van der Waals surface area contributed by atoms with Crippen LogP contribution in [0.5, 0.6) is 0 Å². The Labute approximate surface area is 115 Å². The highest BCUT2D eigenvalue weighted by Gasteiger charge is 2.09. The molecule has 0 bridgehead atoms. The first kappa shape index (κ1) is 16.1. The highest BCUT2D eigenvalue weighted by atomic mass is 32.2. The molecule has 0 radical (unpaired) electrons. The number of nitrogens with one attached hydrogen (secondary N) is 2. The van der Waals surface area contributed by atoms with Gasteiger partial charge in [0.1, 0.15) is 0 Å².